The Morgan fingerprint density at radius 1 is 1.67 bits per heavy atom. The summed E-state index contributed by atoms with van der Waals surface area (Å²) in [5.74, 6) is 0. The highest BCUT2D eigenvalue weighted by molar-refractivity contribution is 7.92. The van der Waals surface area contributed by atoms with Gasteiger partial charge in [0.15, 0.2) is 0 Å². The van der Waals surface area contributed by atoms with E-state index in [1.807, 2.05) is 0 Å². The first-order valence-corrected chi connectivity index (χ1v) is 6.53. The highest BCUT2D eigenvalue weighted by Crippen LogP contribution is 2.19. The highest BCUT2D eigenvalue weighted by Gasteiger charge is 2.18. The molecule has 0 unspecified atom stereocenters. The molecule has 84 valence electrons. The van der Waals surface area contributed by atoms with Crippen LogP contribution < -0.4 is 4.72 Å². The van der Waals surface area contributed by atoms with Crippen molar-refractivity contribution in [2.45, 2.75) is 12.5 Å². The molecule has 6 nitrogen and oxygen atoms in total. The summed E-state index contributed by atoms with van der Waals surface area (Å²) in [4.78, 5) is 0. The smallest absolute Gasteiger partial charge is 0.229 e. The summed E-state index contributed by atoms with van der Waals surface area (Å²) >= 11 is 0. The van der Waals surface area contributed by atoms with Crippen molar-refractivity contribution >= 4 is 15.7 Å². The molecular formula is C8H13N3O3S. The molecule has 0 saturated carbocycles. The number of hydrogen-bond donors (Lipinski definition) is 1. The summed E-state index contributed by atoms with van der Waals surface area (Å²) in [6, 6.07) is 0.222. The molecule has 15 heavy (non-hydrogen) atoms. The third-order valence-electron chi connectivity index (χ3n) is 2.18. The maximum Gasteiger partial charge on any atom is 0.229 e. The molecule has 0 aliphatic carbocycles. The molecule has 0 spiro atoms. The lowest BCUT2D eigenvalue weighted by atomic mass is 10.3. The molecule has 1 atom stereocenters. The van der Waals surface area contributed by atoms with Gasteiger partial charge in [0.05, 0.1) is 30.8 Å². The zero-order valence-corrected chi connectivity index (χ0v) is 9.20. The van der Waals surface area contributed by atoms with Crippen molar-refractivity contribution in [3.63, 3.8) is 0 Å². The summed E-state index contributed by atoms with van der Waals surface area (Å²) in [5, 5.41) is 4.09. The van der Waals surface area contributed by atoms with Crippen molar-refractivity contribution < 1.29 is 13.2 Å². The fourth-order valence-electron chi connectivity index (χ4n) is 1.54. The molecule has 0 radical (unpaired) electrons. The van der Waals surface area contributed by atoms with E-state index in [1.54, 1.807) is 10.9 Å². The van der Waals surface area contributed by atoms with Gasteiger partial charge in [0, 0.05) is 12.8 Å². The molecule has 0 aromatic carbocycles. The fraction of sp³-hybridized carbons (Fsp3) is 0.625. The lowest BCUT2D eigenvalue weighted by molar-refractivity contribution is 0.184. The number of sulfonamides is 1. The molecule has 1 N–H and O–H groups in total. The van der Waals surface area contributed by atoms with E-state index in [0.29, 0.717) is 12.3 Å². The first-order valence-electron chi connectivity index (χ1n) is 4.64. The molecule has 1 fully saturated rings. The van der Waals surface area contributed by atoms with Gasteiger partial charge >= 0.3 is 0 Å². The number of hydrogen-bond acceptors (Lipinski definition) is 4. The lowest BCUT2D eigenvalue weighted by Gasteiger charge is -2.06. The number of rotatable bonds is 3. The third kappa shape index (κ3) is 2.69. The maximum atomic E-state index is 11.0. The minimum atomic E-state index is -3.22. The Bertz CT molecular complexity index is 434. The van der Waals surface area contributed by atoms with Crippen LogP contribution in [0.3, 0.4) is 0 Å². The van der Waals surface area contributed by atoms with Crippen LogP contribution in [-0.2, 0) is 14.8 Å². The van der Waals surface area contributed by atoms with Crippen LogP contribution in [0.4, 0.5) is 5.69 Å². The van der Waals surface area contributed by atoms with E-state index in [1.165, 1.54) is 6.20 Å². The van der Waals surface area contributed by atoms with Crippen molar-refractivity contribution in [3.05, 3.63) is 12.4 Å². The van der Waals surface area contributed by atoms with E-state index >= 15 is 0 Å². The van der Waals surface area contributed by atoms with E-state index in [0.717, 1.165) is 19.3 Å². The standard InChI is InChI=1S/C8H13N3O3S/c1-15(12,13)10-7-4-9-11(5-7)8-2-3-14-6-8/h4-5,8,10H,2-3,6H2,1H3/t8-/m0/s1. The Hall–Kier alpha value is -1.08. The van der Waals surface area contributed by atoms with E-state index in [2.05, 4.69) is 9.82 Å². The Morgan fingerprint density at radius 3 is 3.07 bits per heavy atom. The van der Waals surface area contributed by atoms with Crippen LogP contribution >= 0.6 is 0 Å². The normalized spacial score (nSPS) is 21.8. The predicted molar refractivity (Wildman–Crippen MR) is 55.2 cm³/mol. The number of anilines is 1. The molecule has 0 amide bonds. The second-order valence-electron chi connectivity index (χ2n) is 3.60. The average Bonchev–Trinajstić information content (AvgIpc) is 2.68. The van der Waals surface area contributed by atoms with Crippen LogP contribution in [-0.4, -0.2) is 37.7 Å². The third-order valence-corrected chi connectivity index (χ3v) is 2.79. The Morgan fingerprint density at radius 2 is 2.47 bits per heavy atom. The van der Waals surface area contributed by atoms with Gasteiger partial charge in [-0.1, -0.05) is 0 Å². The number of aromatic nitrogens is 2. The van der Waals surface area contributed by atoms with E-state index < -0.39 is 10.0 Å². The quantitative estimate of drug-likeness (QED) is 0.807. The van der Waals surface area contributed by atoms with Crippen LogP contribution in [0.25, 0.3) is 0 Å². The molecule has 1 aromatic rings. The van der Waals surface area contributed by atoms with E-state index in [-0.39, 0.29) is 6.04 Å². The molecule has 2 heterocycles. The topological polar surface area (TPSA) is 73.2 Å². The van der Waals surface area contributed by atoms with Crippen molar-refractivity contribution in [1.29, 1.82) is 0 Å². The first kappa shape index (κ1) is 10.4. The van der Waals surface area contributed by atoms with Gasteiger partial charge in [-0.2, -0.15) is 5.10 Å². The van der Waals surface area contributed by atoms with Crippen molar-refractivity contribution in [2.75, 3.05) is 24.2 Å². The number of nitrogens with one attached hydrogen (secondary N) is 1. The molecule has 1 aliphatic rings. The summed E-state index contributed by atoms with van der Waals surface area (Å²) in [5.41, 5.74) is 0.490. The lowest BCUT2D eigenvalue weighted by Crippen LogP contribution is -2.10. The van der Waals surface area contributed by atoms with Crippen molar-refractivity contribution in [3.8, 4) is 0 Å². The minimum absolute atomic E-state index is 0.222. The van der Waals surface area contributed by atoms with Gasteiger partial charge in [0.25, 0.3) is 0 Å². The highest BCUT2D eigenvalue weighted by atomic mass is 32.2. The summed E-state index contributed by atoms with van der Waals surface area (Å²) in [7, 11) is -3.22. The van der Waals surface area contributed by atoms with E-state index in [9.17, 15) is 8.42 Å². The maximum absolute atomic E-state index is 11.0. The van der Waals surface area contributed by atoms with Crippen LogP contribution in [0.1, 0.15) is 12.5 Å². The summed E-state index contributed by atoms with van der Waals surface area (Å²) in [6.45, 7) is 1.37. The number of nitrogens with zero attached hydrogens (tertiary/aromatic N) is 2. The molecule has 1 aromatic heterocycles. The fourth-order valence-corrected chi connectivity index (χ4v) is 2.07. The largest absolute Gasteiger partial charge is 0.379 e. The molecule has 1 saturated heterocycles. The summed E-state index contributed by atoms with van der Waals surface area (Å²) in [6.07, 6.45) is 5.21. The van der Waals surface area contributed by atoms with Gasteiger partial charge in [-0.05, 0) is 6.42 Å². The SMILES string of the molecule is CS(=O)(=O)Nc1cnn([C@H]2CCOC2)c1. The Balaban J connectivity index is 2.10. The van der Waals surface area contributed by atoms with Crippen molar-refractivity contribution in [1.82, 2.24) is 9.78 Å². The summed E-state index contributed by atoms with van der Waals surface area (Å²) < 4.78 is 31.2. The van der Waals surface area contributed by atoms with E-state index in [4.69, 9.17) is 4.74 Å². The van der Waals surface area contributed by atoms with Gasteiger partial charge < -0.3 is 4.74 Å². The number of ether oxygens (including phenoxy) is 1. The Labute approximate surface area is 88.3 Å². The molecule has 1 aliphatic heterocycles. The van der Waals surface area contributed by atoms with Crippen LogP contribution in [0, 0.1) is 0 Å². The van der Waals surface area contributed by atoms with Gasteiger partial charge in [0.1, 0.15) is 0 Å². The minimum Gasteiger partial charge on any atom is -0.379 e. The monoisotopic (exact) mass is 231 g/mol. The first-order chi connectivity index (χ1) is 7.04. The van der Waals surface area contributed by atoms with Gasteiger partial charge in [-0.25, -0.2) is 8.42 Å². The average molecular weight is 231 g/mol. The van der Waals surface area contributed by atoms with Gasteiger partial charge in [-0.15, -0.1) is 0 Å². The van der Waals surface area contributed by atoms with Crippen LogP contribution in [0.2, 0.25) is 0 Å². The molecular weight excluding hydrogens is 218 g/mol. The Kier molecular flexibility index (Phi) is 2.66. The van der Waals surface area contributed by atoms with Gasteiger partial charge in [0.2, 0.25) is 10.0 Å². The van der Waals surface area contributed by atoms with Gasteiger partial charge in [-0.3, -0.25) is 9.40 Å². The predicted octanol–water partition coefficient (Wildman–Crippen LogP) is 0.216. The van der Waals surface area contributed by atoms with Crippen LogP contribution in [0.5, 0.6) is 0 Å². The second kappa shape index (κ2) is 3.82. The zero-order chi connectivity index (χ0) is 10.9. The molecule has 2 rings (SSSR count). The zero-order valence-electron chi connectivity index (χ0n) is 8.38. The molecule has 0 bridgehead atoms. The molecule has 7 heteroatoms. The van der Waals surface area contributed by atoms with Crippen LogP contribution in [0.15, 0.2) is 12.4 Å². The van der Waals surface area contributed by atoms with Crippen molar-refractivity contribution in [2.24, 2.45) is 0 Å². The second-order valence-corrected chi connectivity index (χ2v) is 5.35.